The van der Waals surface area contributed by atoms with Crippen LogP contribution in [0.15, 0.2) is 36.7 Å². The van der Waals surface area contributed by atoms with Gasteiger partial charge in [0.1, 0.15) is 5.82 Å². The van der Waals surface area contributed by atoms with Gasteiger partial charge in [0.05, 0.1) is 5.69 Å². The van der Waals surface area contributed by atoms with Crippen molar-refractivity contribution in [3.05, 3.63) is 42.2 Å². The number of nitrogens with two attached hydrogens (primary N) is 2. The Bertz CT molecular complexity index is 480. The minimum atomic E-state index is -0.0951. The molecule has 4 N–H and O–H groups in total. The molecular weight excluding hydrogens is 200 g/mol. The summed E-state index contributed by atoms with van der Waals surface area (Å²) in [6.07, 6.45) is 3.47. The van der Waals surface area contributed by atoms with Gasteiger partial charge in [-0.3, -0.25) is 4.98 Å². The van der Waals surface area contributed by atoms with Crippen molar-refractivity contribution in [1.82, 2.24) is 9.97 Å². The van der Waals surface area contributed by atoms with Crippen LogP contribution in [-0.2, 0) is 0 Å². The minimum absolute atomic E-state index is 0.0951. The Morgan fingerprint density at radius 3 is 2.69 bits per heavy atom. The Hall–Kier alpha value is -1.94. The number of pyridine rings is 2. The molecule has 2 aromatic heterocycles. The maximum absolute atomic E-state index is 5.91. The predicted octanol–water partition coefficient (Wildman–Crippen LogP) is 1.75. The first-order chi connectivity index (χ1) is 7.68. The SMILES string of the molecule is C[C@H](N)c1cc(N)ncc1-c1ccccn1. The fourth-order valence-corrected chi connectivity index (χ4v) is 1.60. The third-order valence-electron chi connectivity index (χ3n) is 2.39. The lowest BCUT2D eigenvalue weighted by molar-refractivity contribution is 0.818. The standard InChI is InChI=1S/C12H14N4/c1-8(13)9-6-12(14)16-7-10(9)11-4-2-3-5-15-11/h2-8H,13H2,1H3,(H2,14,16)/t8-/m0/s1. The molecule has 0 fully saturated rings. The van der Waals surface area contributed by atoms with E-state index in [0.29, 0.717) is 5.82 Å². The number of aromatic nitrogens is 2. The molecule has 2 aromatic rings. The molecule has 0 spiro atoms. The van der Waals surface area contributed by atoms with Crippen LogP contribution in [0.5, 0.6) is 0 Å². The van der Waals surface area contributed by atoms with Crippen LogP contribution in [0.1, 0.15) is 18.5 Å². The Labute approximate surface area is 94.3 Å². The van der Waals surface area contributed by atoms with Crippen molar-refractivity contribution in [2.75, 3.05) is 5.73 Å². The summed E-state index contributed by atoms with van der Waals surface area (Å²) >= 11 is 0. The maximum atomic E-state index is 5.91. The lowest BCUT2D eigenvalue weighted by Gasteiger charge is -2.12. The fourth-order valence-electron chi connectivity index (χ4n) is 1.60. The average molecular weight is 214 g/mol. The van der Waals surface area contributed by atoms with Gasteiger partial charge in [-0.05, 0) is 30.7 Å². The molecule has 2 heterocycles. The Balaban J connectivity index is 2.57. The van der Waals surface area contributed by atoms with E-state index in [2.05, 4.69) is 9.97 Å². The summed E-state index contributed by atoms with van der Waals surface area (Å²) < 4.78 is 0. The highest BCUT2D eigenvalue weighted by atomic mass is 14.8. The molecule has 0 saturated carbocycles. The van der Waals surface area contributed by atoms with Crippen LogP contribution in [0.3, 0.4) is 0 Å². The predicted molar refractivity (Wildman–Crippen MR) is 64.5 cm³/mol. The molecule has 0 aliphatic rings. The summed E-state index contributed by atoms with van der Waals surface area (Å²) in [6, 6.07) is 7.44. The number of hydrogen-bond donors (Lipinski definition) is 2. The van der Waals surface area contributed by atoms with Gasteiger partial charge in [0, 0.05) is 24.0 Å². The van der Waals surface area contributed by atoms with E-state index in [4.69, 9.17) is 11.5 Å². The van der Waals surface area contributed by atoms with E-state index in [1.54, 1.807) is 18.5 Å². The highest BCUT2D eigenvalue weighted by molar-refractivity contribution is 5.64. The van der Waals surface area contributed by atoms with Crippen molar-refractivity contribution in [3.63, 3.8) is 0 Å². The third-order valence-corrected chi connectivity index (χ3v) is 2.39. The van der Waals surface area contributed by atoms with Gasteiger partial charge in [0.25, 0.3) is 0 Å². The Morgan fingerprint density at radius 2 is 2.06 bits per heavy atom. The Kier molecular flexibility index (Phi) is 2.83. The number of nitrogen functional groups attached to an aromatic ring is 1. The van der Waals surface area contributed by atoms with Crippen molar-refractivity contribution in [3.8, 4) is 11.3 Å². The van der Waals surface area contributed by atoms with Gasteiger partial charge < -0.3 is 11.5 Å². The van der Waals surface area contributed by atoms with Gasteiger partial charge in [0.2, 0.25) is 0 Å². The largest absolute Gasteiger partial charge is 0.384 e. The zero-order chi connectivity index (χ0) is 11.5. The summed E-state index contributed by atoms with van der Waals surface area (Å²) in [5.41, 5.74) is 14.3. The molecule has 4 nitrogen and oxygen atoms in total. The zero-order valence-corrected chi connectivity index (χ0v) is 9.09. The molecule has 0 saturated heterocycles. The van der Waals surface area contributed by atoms with Crippen LogP contribution in [0, 0.1) is 0 Å². The first kappa shape index (κ1) is 10.6. The fraction of sp³-hybridized carbons (Fsp3) is 0.167. The minimum Gasteiger partial charge on any atom is -0.384 e. The van der Waals surface area contributed by atoms with Crippen molar-refractivity contribution in [2.45, 2.75) is 13.0 Å². The molecular formula is C12H14N4. The van der Waals surface area contributed by atoms with Crippen molar-refractivity contribution in [1.29, 1.82) is 0 Å². The summed E-state index contributed by atoms with van der Waals surface area (Å²) in [5, 5.41) is 0. The molecule has 82 valence electrons. The number of rotatable bonds is 2. The van der Waals surface area contributed by atoms with Crippen LogP contribution in [-0.4, -0.2) is 9.97 Å². The van der Waals surface area contributed by atoms with Crippen LogP contribution in [0.4, 0.5) is 5.82 Å². The first-order valence-electron chi connectivity index (χ1n) is 5.11. The molecule has 0 bridgehead atoms. The Morgan fingerprint density at radius 1 is 1.25 bits per heavy atom. The normalized spacial score (nSPS) is 12.4. The second kappa shape index (κ2) is 4.28. The molecule has 4 heteroatoms. The van der Waals surface area contributed by atoms with Crippen LogP contribution in [0.25, 0.3) is 11.3 Å². The highest BCUT2D eigenvalue weighted by Gasteiger charge is 2.10. The summed E-state index contributed by atoms with van der Waals surface area (Å²) in [7, 11) is 0. The zero-order valence-electron chi connectivity index (χ0n) is 9.09. The van der Waals surface area contributed by atoms with Crippen LogP contribution < -0.4 is 11.5 Å². The summed E-state index contributed by atoms with van der Waals surface area (Å²) in [4.78, 5) is 8.37. The van der Waals surface area contributed by atoms with Gasteiger partial charge in [0.15, 0.2) is 0 Å². The van der Waals surface area contributed by atoms with E-state index in [9.17, 15) is 0 Å². The number of anilines is 1. The number of hydrogen-bond acceptors (Lipinski definition) is 4. The molecule has 1 atom stereocenters. The number of nitrogens with zero attached hydrogens (tertiary/aromatic N) is 2. The van der Waals surface area contributed by atoms with Crippen molar-refractivity contribution >= 4 is 5.82 Å². The molecule has 0 aromatic carbocycles. The van der Waals surface area contributed by atoms with Crippen molar-refractivity contribution < 1.29 is 0 Å². The van der Waals surface area contributed by atoms with Gasteiger partial charge >= 0.3 is 0 Å². The van der Waals surface area contributed by atoms with E-state index in [0.717, 1.165) is 16.8 Å². The van der Waals surface area contributed by atoms with Crippen molar-refractivity contribution in [2.24, 2.45) is 5.73 Å². The van der Waals surface area contributed by atoms with Gasteiger partial charge in [-0.15, -0.1) is 0 Å². The van der Waals surface area contributed by atoms with E-state index >= 15 is 0 Å². The first-order valence-corrected chi connectivity index (χ1v) is 5.11. The topological polar surface area (TPSA) is 77.8 Å². The van der Waals surface area contributed by atoms with Gasteiger partial charge in [-0.1, -0.05) is 6.07 Å². The molecule has 2 rings (SSSR count). The second-order valence-electron chi connectivity index (χ2n) is 3.70. The van der Waals surface area contributed by atoms with Crippen LogP contribution >= 0.6 is 0 Å². The molecule has 0 amide bonds. The second-order valence-corrected chi connectivity index (χ2v) is 3.70. The van der Waals surface area contributed by atoms with E-state index < -0.39 is 0 Å². The molecule has 0 unspecified atom stereocenters. The molecule has 0 aliphatic carbocycles. The van der Waals surface area contributed by atoms with E-state index in [1.807, 2.05) is 25.1 Å². The van der Waals surface area contributed by atoms with E-state index in [1.165, 1.54) is 0 Å². The average Bonchev–Trinajstić information content (AvgIpc) is 2.30. The van der Waals surface area contributed by atoms with Gasteiger partial charge in [-0.2, -0.15) is 0 Å². The smallest absolute Gasteiger partial charge is 0.123 e. The lowest BCUT2D eigenvalue weighted by atomic mass is 10.0. The third kappa shape index (κ3) is 2.01. The summed E-state index contributed by atoms with van der Waals surface area (Å²) in [5.74, 6) is 0.479. The quantitative estimate of drug-likeness (QED) is 0.798. The maximum Gasteiger partial charge on any atom is 0.123 e. The highest BCUT2D eigenvalue weighted by Crippen LogP contribution is 2.25. The van der Waals surface area contributed by atoms with Crippen LogP contribution in [0.2, 0.25) is 0 Å². The molecule has 0 aliphatic heterocycles. The lowest BCUT2D eigenvalue weighted by Crippen LogP contribution is -2.08. The molecule has 16 heavy (non-hydrogen) atoms. The van der Waals surface area contributed by atoms with Gasteiger partial charge in [-0.25, -0.2) is 4.98 Å². The monoisotopic (exact) mass is 214 g/mol. The molecule has 0 radical (unpaired) electrons. The summed E-state index contributed by atoms with van der Waals surface area (Å²) in [6.45, 7) is 1.92. The van der Waals surface area contributed by atoms with E-state index in [-0.39, 0.29) is 6.04 Å².